The first-order valence-corrected chi connectivity index (χ1v) is 4.87. The third-order valence-electron chi connectivity index (χ3n) is 1.52. The van der Waals surface area contributed by atoms with Gasteiger partial charge < -0.3 is 10.2 Å². The molecule has 1 aromatic carbocycles. The lowest BCUT2D eigenvalue weighted by atomic mass is 10.2. The third-order valence-corrected chi connectivity index (χ3v) is 2.41. The number of benzene rings is 1. The van der Waals surface area contributed by atoms with E-state index in [1.807, 2.05) is 0 Å². The van der Waals surface area contributed by atoms with Gasteiger partial charge in [0.25, 0.3) is 0 Å². The second-order valence-corrected chi connectivity index (χ2v) is 3.51. The van der Waals surface area contributed by atoms with E-state index in [0.717, 1.165) is 17.8 Å². The SMILES string of the molecule is O=C(O)/C=C/Sc1ccccc1C(=O)O. The number of aromatic carboxylic acids is 1. The topological polar surface area (TPSA) is 74.6 Å². The number of rotatable bonds is 4. The fourth-order valence-corrected chi connectivity index (χ4v) is 1.68. The van der Waals surface area contributed by atoms with Crippen LogP contribution in [0.3, 0.4) is 0 Å². The van der Waals surface area contributed by atoms with E-state index in [4.69, 9.17) is 10.2 Å². The van der Waals surface area contributed by atoms with E-state index in [1.54, 1.807) is 18.2 Å². The quantitative estimate of drug-likeness (QED) is 0.605. The molecule has 0 amide bonds. The smallest absolute Gasteiger partial charge is 0.336 e. The largest absolute Gasteiger partial charge is 0.478 e. The number of hydrogen-bond donors (Lipinski definition) is 2. The monoisotopic (exact) mass is 224 g/mol. The second kappa shape index (κ2) is 5.21. The molecule has 0 atom stereocenters. The molecule has 0 radical (unpaired) electrons. The van der Waals surface area contributed by atoms with E-state index in [9.17, 15) is 9.59 Å². The van der Waals surface area contributed by atoms with Crippen LogP contribution in [0.25, 0.3) is 0 Å². The van der Waals surface area contributed by atoms with E-state index in [-0.39, 0.29) is 5.56 Å². The van der Waals surface area contributed by atoms with E-state index >= 15 is 0 Å². The van der Waals surface area contributed by atoms with Crippen molar-refractivity contribution in [3.63, 3.8) is 0 Å². The lowest BCUT2D eigenvalue weighted by Crippen LogP contribution is -1.97. The summed E-state index contributed by atoms with van der Waals surface area (Å²) < 4.78 is 0. The molecule has 5 heteroatoms. The van der Waals surface area contributed by atoms with Gasteiger partial charge in [0.1, 0.15) is 0 Å². The van der Waals surface area contributed by atoms with Gasteiger partial charge in [-0.05, 0) is 17.5 Å². The molecule has 15 heavy (non-hydrogen) atoms. The minimum atomic E-state index is -1.06. The first-order valence-electron chi connectivity index (χ1n) is 3.99. The summed E-state index contributed by atoms with van der Waals surface area (Å²) in [5.41, 5.74) is 0.164. The molecule has 0 spiro atoms. The maximum Gasteiger partial charge on any atom is 0.336 e. The van der Waals surface area contributed by atoms with Gasteiger partial charge in [-0.2, -0.15) is 0 Å². The maximum atomic E-state index is 10.8. The van der Waals surface area contributed by atoms with Crippen molar-refractivity contribution in [3.8, 4) is 0 Å². The van der Waals surface area contributed by atoms with Crippen molar-refractivity contribution in [1.29, 1.82) is 0 Å². The van der Waals surface area contributed by atoms with Crippen LogP contribution in [0.4, 0.5) is 0 Å². The molecule has 1 rings (SSSR count). The van der Waals surface area contributed by atoms with Gasteiger partial charge in [-0.1, -0.05) is 23.9 Å². The number of thioether (sulfide) groups is 1. The maximum absolute atomic E-state index is 10.8. The van der Waals surface area contributed by atoms with Crippen LogP contribution in [-0.4, -0.2) is 22.2 Å². The Morgan fingerprint density at radius 3 is 2.47 bits per heavy atom. The predicted molar refractivity (Wildman–Crippen MR) is 56.0 cm³/mol. The zero-order valence-corrected chi connectivity index (χ0v) is 8.40. The number of carboxylic acids is 2. The Morgan fingerprint density at radius 1 is 1.20 bits per heavy atom. The number of hydrogen-bond acceptors (Lipinski definition) is 3. The van der Waals surface area contributed by atoms with Crippen molar-refractivity contribution in [3.05, 3.63) is 41.3 Å². The van der Waals surface area contributed by atoms with E-state index in [2.05, 4.69) is 0 Å². The van der Waals surface area contributed by atoms with Gasteiger partial charge in [-0.3, -0.25) is 0 Å². The van der Waals surface area contributed by atoms with E-state index < -0.39 is 11.9 Å². The fourth-order valence-electron chi connectivity index (χ4n) is 0.912. The second-order valence-electron chi connectivity index (χ2n) is 2.56. The molecular weight excluding hydrogens is 216 g/mol. The van der Waals surface area contributed by atoms with Crippen molar-refractivity contribution in [2.45, 2.75) is 4.90 Å². The van der Waals surface area contributed by atoms with Crippen LogP contribution in [0, 0.1) is 0 Å². The average Bonchev–Trinajstić information content (AvgIpc) is 2.17. The molecule has 0 aliphatic rings. The molecule has 0 heterocycles. The Kier molecular flexibility index (Phi) is 3.93. The summed E-state index contributed by atoms with van der Waals surface area (Å²) in [5, 5.41) is 18.5. The van der Waals surface area contributed by atoms with Gasteiger partial charge >= 0.3 is 11.9 Å². The Balaban J connectivity index is 2.85. The molecule has 1 aromatic rings. The summed E-state index contributed by atoms with van der Waals surface area (Å²) in [6.45, 7) is 0. The lowest BCUT2D eigenvalue weighted by Gasteiger charge is -2.00. The predicted octanol–water partition coefficient (Wildman–Crippen LogP) is 2.08. The van der Waals surface area contributed by atoms with Crippen molar-refractivity contribution in [2.24, 2.45) is 0 Å². The number of carbonyl (C=O) groups is 2. The van der Waals surface area contributed by atoms with E-state index in [0.29, 0.717) is 4.90 Å². The number of carboxylic acid groups (broad SMARTS) is 2. The molecule has 0 aromatic heterocycles. The fraction of sp³-hybridized carbons (Fsp3) is 0. The van der Waals surface area contributed by atoms with Crippen LogP contribution in [0.2, 0.25) is 0 Å². The van der Waals surface area contributed by atoms with Crippen LogP contribution >= 0.6 is 11.8 Å². The summed E-state index contributed by atoms with van der Waals surface area (Å²) in [6.07, 6.45) is 0.962. The highest BCUT2D eigenvalue weighted by Gasteiger charge is 2.07. The molecule has 0 fully saturated rings. The normalized spacial score (nSPS) is 10.4. The number of aliphatic carboxylic acids is 1. The molecule has 0 aliphatic carbocycles. The first-order chi connectivity index (χ1) is 7.11. The summed E-state index contributed by atoms with van der Waals surface area (Å²) in [5.74, 6) is -2.09. The van der Waals surface area contributed by atoms with Gasteiger partial charge in [-0.15, -0.1) is 0 Å². The molecule has 0 saturated carbocycles. The Hall–Kier alpha value is -1.75. The molecule has 0 bridgehead atoms. The molecule has 0 aliphatic heterocycles. The summed E-state index contributed by atoms with van der Waals surface area (Å²) in [4.78, 5) is 21.5. The van der Waals surface area contributed by atoms with Crippen LogP contribution in [-0.2, 0) is 4.79 Å². The van der Waals surface area contributed by atoms with Gasteiger partial charge in [0.05, 0.1) is 5.56 Å². The van der Waals surface area contributed by atoms with Crippen molar-refractivity contribution >= 4 is 23.7 Å². The standard InChI is InChI=1S/C10H8O4S/c11-9(12)5-6-15-8-4-2-1-3-7(8)10(13)14/h1-6H,(H,11,12)(H,13,14)/b6-5+. The molecule has 78 valence electrons. The summed E-state index contributed by atoms with van der Waals surface area (Å²) in [7, 11) is 0. The Bertz CT molecular complexity index is 412. The van der Waals surface area contributed by atoms with Crippen molar-refractivity contribution in [1.82, 2.24) is 0 Å². The molecule has 0 unspecified atom stereocenters. The Labute approximate surface area is 90.2 Å². The van der Waals surface area contributed by atoms with Gasteiger partial charge in [0.15, 0.2) is 0 Å². The lowest BCUT2D eigenvalue weighted by molar-refractivity contribution is -0.131. The first kappa shape index (κ1) is 11.3. The van der Waals surface area contributed by atoms with E-state index in [1.165, 1.54) is 11.5 Å². The van der Waals surface area contributed by atoms with Crippen molar-refractivity contribution < 1.29 is 19.8 Å². The average molecular weight is 224 g/mol. The summed E-state index contributed by atoms with van der Waals surface area (Å²) >= 11 is 1.06. The van der Waals surface area contributed by atoms with Crippen LogP contribution in [0.15, 0.2) is 40.6 Å². The zero-order chi connectivity index (χ0) is 11.3. The summed E-state index contributed by atoms with van der Waals surface area (Å²) in [6, 6.07) is 6.41. The van der Waals surface area contributed by atoms with Gasteiger partial charge in [0, 0.05) is 11.0 Å². The third kappa shape index (κ3) is 3.47. The minimum absolute atomic E-state index is 0.164. The van der Waals surface area contributed by atoms with Crippen molar-refractivity contribution in [2.75, 3.05) is 0 Å². The van der Waals surface area contributed by atoms with Gasteiger partial charge in [0.2, 0.25) is 0 Å². The van der Waals surface area contributed by atoms with Gasteiger partial charge in [-0.25, -0.2) is 9.59 Å². The molecular formula is C10H8O4S. The molecule has 0 saturated heterocycles. The highest BCUT2D eigenvalue weighted by molar-refractivity contribution is 8.02. The van der Waals surface area contributed by atoms with Crippen LogP contribution in [0.5, 0.6) is 0 Å². The van der Waals surface area contributed by atoms with Crippen LogP contribution < -0.4 is 0 Å². The zero-order valence-electron chi connectivity index (χ0n) is 7.58. The molecule has 2 N–H and O–H groups in total. The highest BCUT2D eigenvalue weighted by atomic mass is 32.2. The van der Waals surface area contributed by atoms with Crippen LogP contribution in [0.1, 0.15) is 10.4 Å². The molecule has 4 nitrogen and oxygen atoms in total. The highest BCUT2D eigenvalue weighted by Crippen LogP contribution is 2.23. The Morgan fingerprint density at radius 2 is 1.87 bits per heavy atom. The minimum Gasteiger partial charge on any atom is -0.478 e.